The molecule has 1 N–H and O–H groups in total. The molecule has 0 radical (unpaired) electrons. The molecule has 16 heavy (non-hydrogen) atoms. The smallest absolute Gasteiger partial charge is 0.387 e. The number of nitrogens with zero attached hydrogens (tertiary/aromatic N) is 1. The molecule has 0 saturated heterocycles. The average molecular weight is 301 g/mol. The van der Waals surface area contributed by atoms with Gasteiger partial charge in [0, 0.05) is 13.2 Å². The van der Waals surface area contributed by atoms with Crippen molar-refractivity contribution in [1.82, 2.24) is 9.55 Å². The van der Waals surface area contributed by atoms with Crippen LogP contribution < -0.4 is 11.2 Å². The summed E-state index contributed by atoms with van der Waals surface area (Å²) in [5, 5.41) is 0. The quantitative estimate of drug-likeness (QED) is 0.639. The molecule has 0 aromatic carbocycles. The molecule has 0 bridgehead atoms. The second-order valence-electron chi connectivity index (χ2n) is 2.42. The topological polar surface area (TPSA) is 64.1 Å². The van der Waals surface area contributed by atoms with Crippen molar-refractivity contribution in [2.24, 2.45) is 0 Å². The number of hydrogen-bond acceptors (Lipinski definition) is 3. The van der Waals surface area contributed by atoms with Gasteiger partial charge in [0.05, 0.1) is 12.2 Å². The van der Waals surface area contributed by atoms with Crippen molar-refractivity contribution in [3.63, 3.8) is 0 Å². The van der Waals surface area contributed by atoms with Crippen LogP contribution in [-0.4, -0.2) is 22.8 Å². The van der Waals surface area contributed by atoms with Crippen LogP contribution in [0.2, 0.25) is 0 Å². The van der Waals surface area contributed by atoms with Gasteiger partial charge in [0.25, 0.3) is 0 Å². The molecule has 5 nitrogen and oxygen atoms in total. The zero-order valence-corrected chi connectivity index (χ0v) is 12.5. The molecule has 6 heteroatoms. The molecule has 0 amide bonds. The first-order valence-electron chi connectivity index (χ1n) is 4.74. The largest absolute Gasteiger partial charge is 3.00 e. The molecule has 0 aliphatic rings. The summed E-state index contributed by atoms with van der Waals surface area (Å²) < 4.78 is 6.40. The maximum Gasteiger partial charge on any atom is 3.00 e. The van der Waals surface area contributed by atoms with Gasteiger partial charge in [-0.05, 0) is 6.92 Å². The standard InChI is InChI=1S/C8H11N2O3.C2H5.Y/c1-2-13-6-5-10-4-3-7(11)9-8(10)12;1-2;/h4H,2,5-6H2,1H3,(H,9,11,12);1H2,2H3;/q2*-1;+3. The number of nitrogens with one attached hydrogen (secondary N) is 1. The second kappa shape index (κ2) is 11.2. The SMILES string of the molecule is CCOCCn1c[c-]c(=O)[nH]c1=O.[CH2-]C.[Y+3]. The van der Waals surface area contributed by atoms with E-state index in [-0.39, 0.29) is 32.7 Å². The van der Waals surface area contributed by atoms with Gasteiger partial charge in [-0.3, -0.25) is 0 Å². The molecule has 0 atom stereocenters. The first-order chi connectivity index (χ1) is 7.24. The molecule has 0 aliphatic heterocycles. The van der Waals surface area contributed by atoms with E-state index in [4.69, 9.17) is 4.74 Å². The number of H-pyrrole nitrogens is 1. The van der Waals surface area contributed by atoms with Crippen LogP contribution in [-0.2, 0) is 44.0 Å². The van der Waals surface area contributed by atoms with Gasteiger partial charge in [-0.15, -0.1) is 0 Å². The molecular formula is C10H16N2O3Y+. The van der Waals surface area contributed by atoms with E-state index in [2.05, 4.69) is 18.0 Å². The average Bonchev–Trinajstić information content (AvgIpc) is 2.24. The normalized spacial score (nSPS) is 8.69. The van der Waals surface area contributed by atoms with Crippen LogP contribution in [0.15, 0.2) is 15.8 Å². The Morgan fingerprint density at radius 3 is 2.62 bits per heavy atom. The van der Waals surface area contributed by atoms with Crippen molar-refractivity contribution < 1.29 is 37.4 Å². The monoisotopic (exact) mass is 301 g/mol. The first kappa shape index (κ1) is 18.1. The zero-order valence-electron chi connectivity index (χ0n) is 9.66. The Morgan fingerprint density at radius 2 is 2.12 bits per heavy atom. The summed E-state index contributed by atoms with van der Waals surface area (Å²) in [4.78, 5) is 23.8. The van der Waals surface area contributed by atoms with Crippen LogP contribution in [0.25, 0.3) is 0 Å². The third-order valence-corrected chi connectivity index (χ3v) is 1.51. The van der Waals surface area contributed by atoms with Crippen LogP contribution in [0, 0.1) is 13.0 Å². The molecule has 0 aliphatic carbocycles. The Balaban J connectivity index is 0. The van der Waals surface area contributed by atoms with Gasteiger partial charge in [-0.25, -0.2) is 4.79 Å². The molecule has 1 rings (SSSR count). The van der Waals surface area contributed by atoms with Gasteiger partial charge in [-0.1, -0.05) is 0 Å². The van der Waals surface area contributed by atoms with Gasteiger partial charge in [0.2, 0.25) is 0 Å². The Labute approximate surface area is 120 Å². The molecule has 1 aromatic heterocycles. The van der Waals surface area contributed by atoms with Gasteiger partial charge in [-0.2, -0.15) is 13.1 Å². The van der Waals surface area contributed by atoms with Crippen molar-refractivity contribution in [2.45, 2.75) is 20.4 Å². The predicted molar refractivity (Wildman–Crippen MR) is 57.7 cm³/mol. The van der Waals surface area contributed by atoms with Crippen LogP contribution in [0.5, 0.6) is 0 Å². The van der Waals surface area contributed by atoms with Gasteiger partial charge >= 0.3 is 38.4 Å². The molecule has 86 valence electrons. The van der Waals surface area contributed by atoms with Crippen LogP contribution in [0.1, 0.15) is 13.8 Å². The zero-order chi connectivity index (χ0) is 11.7. The molecule has 1 heterocycles. The molecule has 1 aromatic rings. The molecule has 0 saturated carbocycles. The van der Waals surface area contributed by atoms with Gasteiger partial charge in [0.15, 0.2) is 0 Å². The van der Waals surface area contributed by atoms with E-state index in [0.29, 0.717) is 19.8 Å². The van der Waals surface area contributed by atoms with Crippen molar-refractivity contribution in [3.05, 3.63) is 40.0 Å². The maximum atomic E-state index is 11.1. The Hall–Kier alpha value is -0.256. The third-order valence-electron chi connectivity index (χ3n) is 1.51. The summed E-state index contributed by atoms with van der Waals surface area (Å²) in [6, 6.07) is 2.36. The number of rotatable bonds is 4. The predicted octanol–water partition coefficient (Wildman–Crippen LogP) is 0.211. The third kappa shape index (κ3) is 7.09. The maximum absolute atomic E-state index is 11.1. The number of aromatic nitrogens is 2. The summed E-state index contributed by atoms with van der Waals surface area (Å²) in [5.41, 5.74) is -0.930. The fourth-order valence-corrected chi connectivity index (χ4v) is 0.874. The fourth-order valence-electron chi connectivity index (χ4n) is 0.874. The van der Waals surface area contributed by atoms with Crippen molar-refractivity contribution in [3.8, 4) is 0 Å². The molecular weight excluding hydrogens is 285 g/mol. The van der Waals surface area contributed by atoms with E-state index in [9.17, 15) is 9.59 Å². The molecule has 0 spiro atoms. The molecule has 0 unspecified atom stereocenters. The summed E-state index contributed by atoms with van der Waals surface area (Å²) >= 11 is 0. The van der Waals surface area contributed by atoms with E-state index in [0.717, 1.165) is 0 Å². The van der Waals surface area contributed by atoms with E-state index in [1.807, 2.05) is 6.92 Å². The van der Waals surface area contributed by atoms with Gasteiger partial charge < -0.3 is 32.1 Å². The Kier molecular flexibility index (Phi) is 12.7. The number of hydrogen-bond donors (Lipinski definition) is 1. The van der Waals surface area contributed by atoms with E-state index in [1.165, 1.54) is 10.8 Å². The summed E-state index contributed by atoms with van der Waals surface area (Å²) in [5.74, 6) is 0. The van der Waals surface area contributed by atoms with E-state index in [1.54, 1.807) is 6.92 Å². The number of aromatic amines is 1. The van der Waals surface area contributed by atoms with Crippen molar-refractivity contribution in [1.29, 1.82) is 0 Å². The first-order valence-corrected chi connectivity index (χ1v) is 4.74. The van der Waals surface area contributed by atoms with Crippen LogP contribution >= 0.6 is 0 Å². The summed E-state index contributed by atoms with van der Waals surface area (Å²) in [6.45, 7) is 8.37. The number of ether oxygens (including phenoxy) is 1. The van der Waals surface area contributed by atoms with Crippen LogP contribution in [0.3, 0.4) is 0 Å². The van der Waals surface area contributed by atoms with Crippen molar-refractivity contribution in [2.75, 3.05) is 13.2 Å². The second-order valence-corrected chi connectivity index (χ2v) is 2.42. The Bertz CT molecular complexity index is 373. The van der Waals surface area contributed by atoms with Crippen molar-refractivity contribution >= 4 is 0 Å². The fraction of sp³-hybridized carbons (Fsp3) is 0.500. The molecule has 0 fully saturated rings. The van der Waals surface area contributed by atoms with Gasteiger partial charge in [0.1, 0.15) is 0 Å². The minimum Gasteiger partial charge on any atom is -0.387 e. The van der Waals surface area contributed by atoms with E-state index >= 15 is 0 Å². The minimum atomic E-state index is -0.502. The van der Waals surface area contributed by atoms with E-state index < -0.39 is 11.2 Å². The summed E-state index contributed by atoms with van der Waals surface area (Å²) in [6.07, 6.45) is 1.33. The minimum absolute atomic E-state index is 0. The van der Waals surface area contributed by atoms with Crippen LogP contribution in [0.4, 0.5) is 0 Å². The summed E-state index contributed by atoms with van der Waals surface area (Å²) in [7, 11) is 0. The Morgan fingerprint density at radius 1 is 1.50 bits per heavy atom.